The number of anilines is 1. The van der Waals surface area contributed by atoms with E-state index in [0.29, 0.717) is 10.5 Å². The third-order valence-electron chi connectivity index (χ3n) is 9.44. The second-order valence-electron chi connectivity index (χ2n) is 12.4. The van der Waals surface area contributed by atoms with Gasteiger partial charge in [0.15, 0.2) is 0 Å². The number of aromatic nitrogens is 3. The maximum Gasteiger partial charge on any atom is 0.393 e. The molecule has 2 saturated heterocycles. The number of likely N-dealkylation sites (tertiary alicyclic amines) is 1. The highest BCUT2D eigenvalue weighted by atomic mass is 32.1. The molecule has 2 aliphatic heterocycles. The summed E-state index contributed by atoms with van der Waals surface area (Å²) in [6.45, 7) is 7.55. The fraction of sp³-hybridized carbons (Fsp3) is 0.382. The largest absolute Gasteiger partial charge is 0.393 e. The average molecular weight is 615 g/mol. The Balaban J connectivity index is 0.995. The molecule has 0 saturated carbocycles. The minimum absolute atomic E-state index is 0.218. The third kappa shape index (κ3) is 5.55. The molecule has 0 bridgehead atoms. The summed E-state index contributed by atoms with van der Waals surface area (Å²) in [5.74, 6) is 0.754. The molecule has 5 aromatic rings. The Morgan fingerprint density at radius 3 is 2.50 bits per heavy atom. The molecule has 10 heteroatoms. The van der Waals surface area contributed by atoms with Crippen molar-refractivity contribution in [1.29, 1.82) is 5.26 Å². The van der Waals surface area contributed by atoms with Crippen LogP contribution in [0.1, 0.15) is 40.1 Å². The van der Waals surface area contributed by atoms with Crippen LogP contribution in [0.4, 0.5) is 19.0 Å². The van der Waals surface area contributed by atoms with E-state index in [-0.39, 0.29) is 10.3 Å². The van der Waals surface area contributed by atoms with E-state index >= 15 is 0 Å². The van der Waals surface area contributed by atoms with E-state index in [9.17, 15) is 18.4 Å². The Morgan fingerprint density at radius 2 is 1.77 bits per heavy atom. The smallest absolute Gasteiger partial charge is 0.355 e. The third-order valence-corrected chi connectivity index (χ3v) is 10.5. The first kappa shape index (κ1) is 28.8. The fourth-order valence-electron chi connectivity index (χ4n) is 7.00. The predicted molar refractivity (Wildman–Crippen MR) is 168 cm³/mol. The maximum atomic E-state index is 13.0. The van der Waals surface area contributed by atoms with E-state index in [1.54, 1.807) is 6.07 Å². The number of rotatable bonds is 7. The summed E-state index contributed by atoms with van der Waals surface area (Å²) < 4.78 is 41.0. The molecule has 0 N–H and O–H groups in total. The van der Waals surface area contributed by atoms with Gasteiger partial charge in [-0.1, -0.05) is 36.4 Å². The molecule has 7 rings (SSSR count). The SMILES string of the molecule is Cc1c(CN2CCC3(CC2)CN(c2ncnc4sc(CC(F)(F)F)cc24)C3)ccc2c1cc(C#N)n2CCc1ccccc1. The zero-order valence-electron chi connectivity index (χ0n) is 24.6. The van der Waals surface area contributed by atoms with Crippen molar-refractivity contribution in [1.82, 2.24) is 19.4 Å². The number of fused-ring (bicyclic) bond motifs is 2. The lowest BCUT2D eigenvalue weighted by Gasteiger charge is -2.54. The van der Waals surface area contributed by atoms with E-state index in [0.717, 1.165) is 92.0 Å². The van der Waals surface area contributed by atoms with Gasteiger partial charge in [-0.25, -0.2) is 9.97 Å². The molecule has 0 amide bonds. The second kappa shape index (κ2) is 11.2. The molecule has 2 aromatic carbocycles. The van der Waals surface area contributed by atoms with Crippen LogP contribution in [0.2, 0.25) is 0 Å². The summed E-state index contributed by atoms with van der Waals surface area (Å²) in [6.07, 6.45) is -0.663. The molecule has 1 spiro atoms. The number of alkyl halides is 3. The maximum absolute atomic E-state index is 13.0. The Labute approximate surface area is 258 Å². The van der Waals surface area contributed by atoms with Crippen molar-refractivity contribution < 1.29 is 13.2 Å². The van der Waals surface area contributed by atoms with Crippen molar-refractivity contribution in [3.05, 3.63) is 88.2 Å². The second-order valence-corrected chi connectivity index (χ2v) is 13.5. The standard InChI is InChI=1S/C34H33F3N6S/c1-23-25(7-8-30-28(23)15-26(18-38)43(30)12-9-24-5-3-2-4-6-24)19-41-13-10-33(11-14-41)20-42(21-33)31-29-16-27(17-34(35,36)37)44-32(29)40-22-39-31/h2-8,15-16,22H,9-14,17,19-21H2,1H3. The number of thiophene rings is 1. The van der Waals surface area contributed by atoms with Gasteiger partial charge in [0.05, 0.1) is 11.8 Å². The van der Waals surface area contributed by atoms with Crippen molar-refractivity contribution in [3.8, 4) is 6.07 Å². The minimum atomic E-state index is -4.24. The van der Waals surface area contributed by atoms with Crippen LogP contribution in [0, 0.1) is 23.7 Å². The van der Waals surface area contributed by atoms with Gasteiger partial charge in [0.25, 0.3) is 0 Å². The highest BCUT2D eigenvalue weighted by Gasteiger charge is 2.46. The highest BCUT2D eigenvalue weighted by molar-refractivity contribution is 7.18. The molecule has 0 unspecified atom stereocenters. The van der Waals surface area contributed by atoms with Gasteiger partial charge in [-0.15, -0.1) is 11.3 Å². The van der Waals surface area contributed by atoms with Gasteiger partial charge in [0.2, 0.25) is 0 Å². The monoisotopic (exact) mass is 614 g/mol. The van der Waals surface area contributed by atoms with E-state index in [4.69, 9.17) is 0 Å². The minimum Gasteiger partial charge on any atom is -0.355 e. The molecular weight excluding hydrogens is 581 g/mol. The zero-order valence-corrected chi connectivity index (χ0v) is 25.4. The number of hydrogen-bond acceptors (Lipinski definition) is 6. The van der Waals surface area contributed by atoms with Gasteiger partial charge in [0.1, 0.15) is 28.7 Å². The number of piperidine rings is 1. The molecule has 0 atom stereocenters. The fourth-order valence-corrected chi connectivity index (χ4v) is 8.02. The molecule has 2 fully saturated rings. The van der Waals surface area contributed by atoms with Gasteiger partial charge in [-0.2, -0.15) is 18.4 Å². The first-order chi connectivity index (χ1) is 21.2. The van der Waals surface area contributed by atoms with Crippen molar-refractivity contribution >= 4 is 38.3 Å². The number of benzene rings is 2. The van der Waals surface area contributed by atoms with Crippen molar-refractivity contribution in [2.45, 2.75) is 51.9 Å². The van der Waals surface area contributed by atoms with Crippen LogP contribution in [-0.4, -0.2) is 51.8 Å². The lowest BCUT2D eigenvalue weighted by atomic mass is 9.72. The van der Waals surface area contributed by atoms with Crippen molar-refractivity contribution in [3.63, 3.8) is 0 Å². The van der Waals surface area contributed by atoms with Crippen LogP contribution in [0.15, 0.2) is 60.9 Å². The Kier molecular flexibility index (Phi) is 7.34. The van der Waals surface area contributed by atoms with Gasteiger partial charge in [-0.3, -0.25) is 4.90 Å². The summed E-state index contributed by atoms with van der Waals surface area (Å²) >= 11 is 1.10. The number of nitriles is 1. The van der Waals surface area contributed by atoms with Gasteiger partial charge >= 0.3 is 6.18 Å². The van der Waals surface area contributed by atoms with E-state index < -0.39 is 12.6 Å². The lowest BCUT2D eigenvalue weighted by molar-refractivity contribution is -0.126. The summed E-state index contributed by atoms with van der Waals surface area (Å²) in [7, 11) is 0. The van der Waals surface area contributed by atoms with Crippen LogP contribution >= 0.6 is 11.3 Å². The molecule has 44 heavy (non-hydrogen) atoms. The van der Waals surface area contributed by atoms with Crippen molar-refractivity contribution in [2.75, 3.05) is 31.1 Å². The number of nitrogens with zero attached hydrogens (tertiary/aromatic N) is 6. The number of aryl methyl sites for hydroxylation is 3. The molecular formula is C34H33F3N6S. The predicted octanol–water partition coefficient (Wildman–Crippen LogP) is 7.28. The molecule has 0 aliphatic carbocycles. The van der Waals surface area contributed by atoms with Crippen LogP contribution < -0.4 is 4.90 Å². The molecule has 226 valence electrons. The molecule has 2 aliphatic rings. The van der Waals surface area contributed by atoms with Crippen LogP contribution in [0.25, 0.3) is 21.1 Å². The Hall–Kier alpha value is -3.94. The Bertz CT molecular complexity index is 1850. The molecule has 0 radical (unpaired) electrons. The molecule has 5 heterocycles. The van der Waals surface area contributed by atoms with E-state index in [2.05, 4.69) is 61.6 Å². The van der Waals surface area contributed by atoms with Crippen LogP contribution in [0.5, 0.6) is 0 Å². The van der Waals surface area contributed by atoms with Crippen LogP contribution in [-0.2, 0) is 25.9 Å². The zero-order chi connectivity index (χ0) is 30.5. The first-order valence-corrected chi connectivity index (χ1v) is 15.9. The normalized spacial score (nSPS) is 16.9. The summed E-state index contributed by atoms with van der Waals surface area (Å²) in [4.78, 5) is 14.3. The Morgan fingerprint density at radius 1 is 1.00 bits per heavy atom. The molecule has 6 nitrogen and oxygen atoms in total. The van der Waals surface area contributed by atoms with Gasteiger partial charge in [-0.05, 0) is 74.2 Å². The summed E-state index contributed by atoms with van der Waals surface area (Å²) in [6, 6.07) is 20.8. The average Bonchev–Trinajstić information content (AvgIpc) is 3.57. The van der Waals surface area contributed by atoms with Crippen molar-refractivity contribution in [2.24, 2.45) is 5.41 Å². The first-order valence-electron chi connectivity index (χ1n) is 15.0. The number of hydrogen-bond donors (Lipinski definition) is 0. The lowest BCUT2D eigenvalue weighted by Crippen LogP contribution is -2.60. The van der Waals surface area contributed by atoms with E-state index in [1.165, 1.54) is 23.0 Å². The number of halogens is 3. The quantitative estimate of drug-likeness (QED) is 0.193. The van der Waals surface area contributed by atoms with Gasteiger partial charge in [0, 0.05) is 47.4 Å². The van der Waals surface area contributed by atoms with Crippen LogP contribution in [0.3, 0.4) is 0 Å². The van der Waals surface area contributed by atoms with E-state index in [1.807, 2.05) is 24.3 Å². The molecule has 3 aromatic heterocycles. The summed E-state index contributed by atoms with van der Waals surface area (Å²) in [5, 5.41) is 11.7. The van der Waals surface area contributed by atoms with Gasteiger partial charge < -0.3 is 9.47 Å². The summed E-state index contributed by atoms with van der Waals surface area (Å²) in [5.41, 5.74) is 5.82. The topological polar surface area (TPSA) is 61.0 Å². The highest BCUT2D eigenvalue weighted by Crippen LogP contribution is 2.45.